The molecule has 11 heteroatoms. The number of aromatic nitrogens is 3. The molecule has 1 unspecified atom stereocenters. The van der Waals surface area contributed by atoms with Gasteiger partial charge in [-0.15, -0.1) is 0 Å². The van der Waals surface area contributed by atoms with Crippen LogP contribution in [0.1, 0.15) is 28.1 Å². The predicted molar refractivity (Wildman–Crippen MR) is 117 cm³/mol. The first-order valence-corrected chi connectivity index (χ1v) is 10.2. The zero-order valence-corrected chi connectivity index (χ0v) is 17.8. The first-order chi connectivity index (χ1) is 15.4. The third-order valence-electron chi connectivity index (χ3n) is 4.98. The summed E-state index contributed by atoms with van der Waals surface area (Å²) in [4.78, 5) is 36.8. The Labute approximate surface area is 186 Å². The molecule has 1 atom stereocenters. The minimum absolute atomic E-state index is 0.0346. The number of pyridine rings is 1. The van der Waals surface area contributed by atoms with Crippen LogP contribution in [-0.2, 0) is 0 Å². The quantitative estimate of drug-likeness (QED) is 0.404. The number of carbonyl (C=O) groups excluding carboxylic acids is 2. The lowest BCUT2D eigenvalue weighted by atomic mass is 10.1. The van der Waals surface area contributed by atoms with E-state index in [1.54, 1.807) is 18.2 Å². The average molecular weight is 453 g/mol. The van der Waals surface area contributed by atoms with Crippen molar-refractivity contribution in [2.75, 3.05) is 18.9 Å². The van der Waals surface area contributed by atoms with E-state index >= 15 is 0 Å². The van der Waals surface area contributed by atoms with E-state index in [2.05, 4.69) is 30.9 Å². The van der Waals surface area contributed by atoms with Gasteiger partial charge in [0.15, 0.2) is 0 Å². The second-order valence-electron chi connectivity index (χ2n) is 7.25. The number of carbonyl (C=O) groups is 2. The molecule has 4 aromatic rings. The van der Waals surface area contributed by atoms with Crippen molar-refractivity contribution in [3.8, 4) is 11.8 Å². The fourth-order valence-corrected chi connectivity index (χ4v) is 3.71. The van der Waals surface area contributed by atoms with Gasteiger partial charge in [-0.1, -0.05) is 11.6 Å². The van der Waals surface area contributed by atoms with Gasteiger partial charge in [0.25, 0.3) is 11.8 Å². The third-order valence-corrected chi connectivity index (χ3v) is 5.17. The van der Waals surface area contributed by atoms with E-state index in [1.807, 2.05) is 13.0 Å². The molecule has 0 fully saturated rings. The highest BCUT2D eigenvalue weighted by molar-refractivity contribution is 6.29. The van der Waals surface area contributed by atoms with E-state index in [0.717, 1.165) is 10.8 Å². The highest BCUT2D eigenvalue weighted by Gasteiger charge is 2.26. The summed E-state index contributed by atoms with van der Waals surface area (Å²) < 4.78 is 11.6. The highest BCUT2D eigenvalue weighted by atomic mass is 35.5. The second-order valence-corrected chi connectivity index (χ2v) is 7.64. The third kappa shape index (κ3) is 3.44. The van der Waals surface area contributed by atoms with Crippen molar-refractivity contribution in [2.24, 2.45) is 0 Å². The van der Waals surface area contributed by atoms with Crippen molar-refractivity contribution in [2.45, 2.75) is 13.0 Å². The molecule has 0 spiro atoms. The van der Waals surface area contributed by atoms with Gasteiger partial charge < -0.3 is 25.1 Å². The van der Waals surface area contributed by atoms with Crippen molar-refractivity contribution >= 4 is 51.0 Å². The van der Waals surface area contributed by atoms with E-state index in [9.17, 15) is 9.59 Å². The van der Waals surface area contributed by atoms with Gasteiger partial charge >= 0.3 is 0 Å². The van der Waals surface area contributed by atoms with Crippen LogP contribution in [0.3, 0.4) is 0 Å². The SMILES string of the molecule is CNC(=O)c1nc(Cl)cc(Oc2ccc3c(ccc4oc5c(c43)NCC(C)NC5=O)n2)n1. The number of nitrogens with zero attached hydrogens (tertiary/aromatic N) is 3. The van der Waals surface area contributed by atoms with Gasteiger partial charge in [-0.2, -0.15) is 4.98 Å². The van der Waals surface area contributed by atoms with E-state index in [4.69, 9.17) is 20.8 Å². The summed E-state index contributed by atoms with van der Waals surface area (Å²) in [5.41, 5.74) is 1.85. The molecule has 2 amide bonds. The molecule has 1 aliphatic heterocycles. The molecular formula is C21H17ClN6O4. The number of benzene rings is 1. The molecule has 0 radical (unpaired) electrons. The molecule has 3 aromatic heterocycles. The maximum Gasteiger partial charge on any atom is 0.289 e. The summed E-state index contributed by atoms with van der Waals surface area (Å²) in [5.74, 6) is -0.281. The smallest absolute Gasteiger partial charge is 0.289 e. The molecule has 5 rings (SSSR count). The fraction of sp³-hybridized carbons (Fsp3) is 0.190. The van der Waals surface area contributed by atoms with Crippen LogP contribution in [0.4, 0.5) is 5.69 Å². The summed E-state index contributed by atoms with van der Waals surface area (Å²) in [7, 11) is 1.47. The lowest BCUT2D eigenvalue weighted by Gasteiger charge is -2.10. The lowest BCUT2D eigenvalue weighted by molar-refractivity contribution is 0.0918. The Kier molecular flexibility index (Phi) is 4.78. The zero-order chi connectivity index (χ0) is 22.4. The zero-order valence-electron chi connectivity index (χ0n) is 17.0. The van der Waals surface area contributed by atoms with Gasteiger partial charge in [0.2, 0.25) is 23.3 Å². The van der Waals surface area contributed by atoms with Crippen LogP contribution in [-0.4, -0.2) is 46.4 Å². The average Bonchev–Trinajstić information content (AvgIpc) is 3.09. The Morgan fingerprint density at radius 2 is 2.06 bits per heavy atom. The molecule has 10 nitrogen and oxygen atoms in total. The van der Waals surface area contributed by atoms with Crippen molar-refractivity contribution < 1.29 is 18.7 Å². The molecule has 1 aliphatic rings. The molecule has 0 saturated heterocycles. The van der Waals surface area contributed by atoms with Crippen molar-refractivity contribution in [3.05, 3.63) is 47.1 Å². The topological polar surface area (TPSA) is 131 Å². The van der Waals surface area contributed by atoms with Crippen LogP contribution in [0.5, 0.6) is 11.8 Å². The molecule has 0 saturated carbocycles. The number of furan rings is 1. The largest absolute Gasteiger partial charge is 0.449 e. The summed E-state index contributed by atoms with van der Waals surface area (Å²) in [5, 5.41) is 10.2. The van der Waals surface area contributed by atoms with Gasteiger partial charge in [0.05, 0.1) is 16.6 Å². The Balaban J connectivity index is 1.56. The Bertz CT molecular complexity index is 1400. The van der Waals surface area contributed by atoms with Crippen LogP contribution in [0.15, 0.2) is 34.7 Å². The summed E-state index contributed by atoms with van der Waals surface area (Å²) >= 11 is 5.99. The number of hydrogen-bond donors (Lipinski definition) is 3. The Morgan fingerprint density at radius 1 is 1.22 bits per heavy atom. The standard InChI is InChI=1S/C21H17ClN6O4/c1-9-8-24-17-16-10-3-6-14(32-15-7-13(22)27-19(28-15)21(30)23-2)26-11(10)4-5-12(16)31-18(17)20(29)25-9/h3-7,9,24H,8H2,1-2H3,(H,23,30)(H,25,29). The van der Waals surface area contributed by atoms with Crippen molar-refractivity contribution in [1.82, 2.24) is 25.6 Å². The van der Waals surface area contributed by atoms with Crippen molar-refractivity contribution in [3.63, 3.8) is 0 Å². The number of amides is 2. The first-order valence-electron chi connectivity index (χ1n) is 9.78. The number of anilines is 1. The van der Waals surface area contributed by atoms with Crippen LogP contribution in [0.25, 0.3) is 21.9 Å². The van der Waals surface area contributed by atoms with E-state index in [0.29, 0.717) is 23.3 Å². The molecule has 3 N–H and O–H groups in total. The number of nitrogens with one attached hydrogen (secondary N) is 3. The first kappa shape index (κ1) is 20.0. The Morgan fingerprint density at radius 3 is 2.88 bits per heavy atom. The minimum Gasteiger partial charge on any atom is -0.449 e. The van der Waals surface area contributed by atoms with Gasteiger partial charge in [-0.05, 0) is 25.1 Å². The van der Waals surface area contributed by atoms with Crippen LogP contribution < -0.4 is 20.7 Å². The Hall–Kier alpha value is -3.92. The predicted octanol–water partition coefficient (Wildman–Crippen LogP) is 3.12. The molecular weight excluding hydrogens is 436 g/mol. The number of fused-ring (bicyclic) bond motifs is 5. The number of ether oxygens (including phenoxy) is 1. The van der Waals surface area contributed by atoms with Gasteiger partial charge in [0.1, 0.15) is 10.7 Å². The van der Waals surface area contributed by atoms with Gasteiger partial charge in [-0.3, -0.25) is 9.59 Å². The normalized spacial score (nSPS) is 15.6. The minimum atomic E-state index is -0.488. The monoisotopic (exact) mass is 452 g/mol. The van der Waals surface area contributed by atoms with Crippen molar-refractivity contribution in [1.29, 1.82) is 0 Å². The fourth-order valence-electron chi connectivity index (χ4n) is 3.53. The lowest BCUT2D eigenvalue weighted by Crippen LogP contribution is -2.34. The van der Waals surface area contributed by atoms with Gasteiger partial charge in [-0.25, -0.2) is 9.97 Å². The number of halogens is 1. The summed E-state index contributed by atoms with van der Waals surface area (Å²) in [6, 6.07) is 8.38. The molecule has 4 heterocycles. The van der Waals surface area contributed by atoms with Gasteiger partial charge in [0, 0.05) is 37.2 Å². The van der Waals surface area contributed by atoms with E-state index < -0.39 is 5.91 Å². The summed E-state index contributed by atoms with van der Waals surface area (Å²) in [6.45, 7) is 2.48. The van der Waals surface area contributed by atoms with Crippen LogP contribution >= 0.6 is 11.6 Å². The van der Waals surface area contributed by atoms with E-state index in [-0.39, 0.29) is 40.4 Å². The maximum atomic E-state index is 12.5. The molecule has 1 aromatic carbocycles. The molecule has 162 valence electrons. The molecule has 0 aliphatic carbocycles. The van der Waals surface area contributed by atoms with Crippen LogP contribution in [0.2, 0.25) is 5.15 Å². The number of hydrogen-bond acceptors (Lipinski definition) is 8. The second kappa shape index (κ2) is 7.65. The molecule has 32 heavy (non-hydrogen) atoms. The summed E-state index contributed by atoms with van der Waals surface area (Å²) in [6.07, 6.45) is 0. The maximum absolute atomic E-state index is 12.5. The molecule has 0 bridgehead atoms. The van der Waals surface area contributed by atoms with Crippen LogP contribution in [0, 0.1) is 0 Å². The number of rotatable bonds is 3. The van der Waals surface area contributed by atoms with E-state index in [1.165, 1.54) is 13.1 Å². The highest BCUT2D eigenvalue weighted by Crippen LogP contribution is 2.37.